The summed E-state index contributed by atoms with van der Waals surface area (Å²) in [5.74, 6) is -1.11. The molecule has 0 spiro atoms. The molecule has 3 aromatic carbocycles. The number of nitrogens with zero attached hydrogens (tertiary/aromatic N) is 2. The average Bonchev–Trinajstić information content (AvgIpc) is 3.41. The van der Waals surface area contributed by atoms with Crippen LogP contribution in [0.4, 0.5) is 5.13 Å². The number of ketones is 1. The molecule has 2 heterocycles. The maximum absolute atomic E-state index is 13.5. The van der Waals surface area contributed by atoms with Gasteiger partial charge in [-0.15, -0.1) is 0 Å². The van der Waals surface area contributed by atoms with Gasteiger partial charge in [-0.1, -0.05) is 68.0 Å². The first kappa shape index (κ1) is 25.9. The number of aliphatic hydroxyl groups is 1. The summed E-state index contributed by atoms with van der Waals surface area (Å²) in [7, 11) is 0. The number of aromatic nitrogens is 1. The number of aliphatic hydroxyl groups excluding tert-OH is 1. The molecule has 5 rings (SSSR count). The second-order valence-electron chi connectivity index (χ2n) is 10.1. The number of hydrogen-bond acceptors (Lipinski definition) is 6. The molecule has 38 heavy (non-hydrogen) atoms. The fourth-order valence-corrected chi connectivity index (χ4v) is 5.80. The zero-order chi connectivity index (χ0) is 27.2. The number of amides is 1. The lowest BCUT2D eigenvalue weighted by molar-refractivity contribution is -0.132. The number of anilines is 1. The maximum atomic E-state index is 13.5. The van der Waals surface area contributed by atoms with Crippen LogP contribution in [0.5, 0.6) is 5.75 Å². The molecule has 6 nitrogen and oxygen atoms in total. The molecule has 4 aromatic rings. The number of ether oxygens (including phenoxy) is 1. The Bertz CT molecular complexity index is 1570. The minimum atomic E-state index is -0.855. The van der Waals surface area contributed by atoms with Gasteiger partial charge in [0.1, 0.15) is 11.5 Å². The van der Waals surface area contributed by atoms with E-state index >= 15 is 0 Å². The van der Waals surface area contributed by atoms with Gasteiger partial charge in [0, 0.05) is 10.6 Å². The minimum absolute atomic E-state index is 0.0138. The highest BCUT2D eigenvalue weighted by atomic mass is 35.5. The van der Waals surface area contributed by atoms with Crippen molar-refractivity contribution in [2.75, 3.05) is 11.5 Å². The first-order valence-electron chi connectivity index (χ1n) is 12.3. The van der Waals surface area contributed by atoms with Gasteiger partial charge in [-0.3, -0.25) is 14.5 Å². The van der Waals surface area contributed by atoms with Gasteiger partial charge in [0.2, 0.25) is 0 Å². The van der Waals surface area contributed by atoms with Gasteiger partial charge < -0.3 is 9.84 Å². The predicted molar refractivity (Wildman–Crippen MR) is 152 cm³/mol. The molecule has 1 saturated heterocycles. The number of benzene rings is 3. The first-order chi connectivity index (χ1) is 18.1. The van der Waals surface area contributed by atoms with Crippen molar-refractivity contribution in [3.05, 3.63) is 94.0 Å². The van der Waals surface area contributed by atoms with Crippen molar-refractivity contribution in [3.63, 3.8) is 0 Å². The van der Waals surface area contributed by atoms with E-state index in [2.05, 4.69) is 25.8 Å². The number of carbonyl (C=O) groups is 2. The van der Waals surface area contributed by atoms with Gasteiger partial charge in [0.25, 0.3) is 5.78 Å². The Morgan fingerprint density at radius 3 is 2.37 bits per heavy atom. The molecular formula is C30H27ClN2O4S. The molecule has 1 aliphatic rings. The third-order valence-electron chi connectivity index (χ3n) is 6.52. The Hall–Kier alpha value is -3.68. The predicted octanol–water partition coefficient (Wildman–Crippen LogP) is 7.27. The van der Waals surface area contributed by atoms with Gasteiger partial charge in [0.05, 0.1) is 28.4 Å². The van der Waals surface area contributed by atoms with E-state index in [9.17, 15) is 14.7 Å². The quantitative estimate of drug-likeness (QED) is 0.162. The molecule has 0 radical (unpaired) electrons. The number of rotatable bonds is 5. The highest BCUT2D eigenvalue weighted by Crippen LogP contribution is 2.45. The van der Waals surface area contributed by atoms with Gasteiger partial charge >= 0.3 is 5.91 Å². The zero-order valence-corrected chi connectivity index (χ0v) is 23.1. The van der Waals surface area contributed by atoms with E-state index in [0.29, 0.717) is 39.2 Å². The SMILES string of the molecule is CCOc1ccc(/C(O)=C2\C(=O)C(=O)N(c3nc4ccc(Cl)cc4s3)C2c2ccc(C(C)(C)C)cc2)cc1. The van der Waals surface area contributed by atoms with Gasteiger partial charge in [-0.2, -0.15) is 0 Å². The van der Waals surface area contributed by atoms with Gasteiger partial charge in [-0.05, 0) is 65.9 Å². The Balaban J connectivity index is 1.68. The van der Waals surface area contributed by atoms with Crippen molar-refractivity contribution in [1.29, 1.82) is 0 Å². The molecule has 1 aromatic heterocycles. The Morgan fingerprint density at radius 2 is 1.74 bits per heavy atom. The lowest BCUT2D eigenvalue weighted by Gasteiger charge is -2.24. The van der Waals surface area contributed by atoms with Crippen LogP contribution in [0.15, 0.2) is 72.3 Å². The Morgan fingerprint density at radius 1 is 1.05 bits per heavy atom. The number of carbonyl (C=O) groups excluding carboxylic acids is 2. The van der Waals surface area contributed by atoms with E-state index in [-0.39, 0.29) is 16.7 Å². The summed E-state index contributed by atoms with van der Waals surface area (Å²) in [5.41, 5.74) is 2.83. The van der Waals surface area contributed by atoms with Gasteiger partial charge in [0.15, 0.2) is 5.13 Å². The highest BCUT2D eigenvalue weighted by molar-refractivity contribution is 7.22. The van der Waals surface area contributed by atoms with Crippen molar-refractivity contribution in [3.8, 4) is 5.75 Å². The normalized spacial score (nSPS) is 17.4. The lowest BCUT2D eigenvalue weighted by Crippen LogP contribution is -2.29. The Kier molecular flexibility index (Phi) is 6.75. The summed E-state index contributed by atoms with van der Waals surface area (Å²) in [5, 5.41) is 12.3. The van der Waals surface area contributed by atoms with Crippen LogP contribution < -0.4 is 9.64 Å². The molecule has 0 bridgehead atoms. The third-order valence-corrected chi connectivity index (χ3v) is 7.77. The van der Waals surface area contributed by atoms with E-state index in [1.54, 1.807) is 42.5 Å². The summed E-state index contributed by atoms with van der Waals surface area (Å²) in [6.45, 7) is 8.75. The number of halogens is 1. The van der Waals surface area contributed by atoms with Gasteiger partial charge in [-0.25, -0.2) is 4.98 Å². The lowest BCUT2D eigenvalue weighted by atomic mass is 9.85. The van der Waals surface area contributed by atoms with E-state index in [4.69, 9.17) is 16.3 Å². The molecule has 1 atom stereocenters. The molecule has 0 saturated carbocycles. The summed E-state index contributed by atoms with van der Waals surface area (Å²) >= 11 is 7.45. The largest absolute Gasteiger partial charge is 0.507 e. The van der Waals surface area contributed by atoms with Crippen LogP contribution in [-0.4, -0.2) is 28.4 Å². The minimum Gasteiger partial charge on any atom is -0.507 e. The smallest absolute Gasteiger partial charge is 0.301 e. The van der Waals surface area contributed by atoms with E-state index in [1.165, 1.54) is 16.2 Å². The number of thiazole rings is 1. The van der Waals surface area contributed by atoms with E-state index in [0.717, 1.165) is 10.3 Å². The fourth-order valence-electron chi connectivity index (χ4n) is 4.53. The van der Waals surface area contributed by atoms with Crippen molar-refractivity contribution in [1.82, 2.24) is 4.98 Å². The van der Waals surface area contributed by atoms with E-state index in [1.807, 2.05) is 31.2 Å². The number of Topliss-reactive ketones (excluding diaryl/α,β-unsaturated/α-hetero) is 1. The molecular weight excluding hydrogens is 520 g/mol. The highest BCUT2D eigenvalue weighted by Gasteiger charge is 2.48. The average molecular weight is 547 g/mol. The molecule has 1 N–H and O–H groups in total. The molecule has 8 heteroatoms. The Labute approximate surface area is 230 Å². The molecule has 194 valence electrons. The monoisotopic (exact) mass is 546 g/mol. The van der Waals surface area contributed by atoms with Crippen LogP contribution in [0.1, 0.15) is 50.4 Å². The van der Waals surface area contributed by atoms with Crippen molar-refractivity contribution in [2.45, 2.75) is 39.2 Å². The number of hydrogen-bond donors (Lipinski definition) is 1. The summed E-state index contributed by atoms with van der Waals surface area (Å²) in [6.07, 6.45) is 0. The zero-order valence-electron chi connectivity index (χ0n) is 21.5. The van der Waals surface area contributed by atoms with Crippen LogP contribution in [0, 0.1) is 0 Å². The fraction of sp³-hybridized carbons (Fsp3) is 0.233. The summed E-state index contributed by atoms with van der Waals surface area (Å²) in [4.78, 5) is 33.0. The van der Waals surface area contributed by atoms with Crippen molar-refractivity contribution in [2.24, 2.45) is 0 Å². The second kappa shape index (κ2) is 9.89. The van der Waals surface area contributed by atoms with Crippen molar-refractivity contribution < 1.29 is 19.4 Å². The molecule has 1 fully saturated rings. The van der Waals surface area contributed by atoms with Crippen LogP contribution >= 0.6 is 22.9 Å². The topological polar surface area (TPSA) is 79.7 Å². The maximum Gasteiger partial charge on any atom is 0.301 e. The third kappa shape index (κ3) is 4.68. The molecule has 1 amide bonds. The van der Waals surface area contributed by atoms with E-state index < -0.39 is 17.7 Å². The van der Waals surface area contributed by atoms with Crippen molar-refractivity contribution >= 4 is 55.7 Å². The first-order valence-corrected chi connectivity index (χ1v) is 13.5. The number of fused-ring (bicyclic) bond motifs is 1. The molecule has 1 aliphatic heterocycles. The summed E-state index contributed by atoms with van der Waals surface area (Å²) in [6, 6.07) is 19.0. The van der Waals surface area contributed by atoms with Crippen LogP contribution in [0.25, 0.3) is 16.0 Å². The van der Waals surface area contributed by atoms with Crippen LogP contribution in [0.3, 0.4) is 0 Å². The second-order valence-corrected chi connectivity index (χ2v) is 11.6. The molecule has 0 aliphatic carbocycles. The summed E-state index contributed by atoms with van der Waals surface area (Å²) < 4.78 is 6.30. The van der Waals surface area contributed by atoms with Crippen LogP contribution in [-0.2, 0) is 15.0 Å². The van der Waals surface area contributed by atoms with Crippen LogP contribution in [0.2, 0.25) is 5.02 Å². The standard InChI is InChI=1S/C30H27ClN2O4S/c1-5-37-21-13-8-18(9-14-21)26(34)24-25(17-6-10-19(11-7-17)30(2,3)4)33(28(36)27(24)35)29-32-22-15-12-20(31)16-23(22)38-29/h6-16,25,34H,5H2,1-4H3/b26-24+. The molecule has 1 unspecified atom stereocenters.